The Kier molecular flexibility index (Phi) is 4.91. The van der Waals surface area contributed by atoms with E-state index in [0.717, 1.165) is 27.2 Å². The standard InChI is InChI=1S/C15H17FIN3/c1-4-18-15-12(17)13(9(2)3)19-14(20-15)10-5-7-11(16)8-6-10/h5-9H,4H2,1-3H3,(H,18,19,20). The molecule has 0 saturated heterocycles. The van der Waals surface area contributed by atoms with E-state index in [9.17, 15) is 4.39 Å². The number of hydrogen-bond donors (Lipinski definition) is 1. The number of hydrogen-bond acceptors (Lipinski definition) is 3. The van der Waals surface area contributed by atoms with E-state index in [1.165, 1.54) is 12.1 Å². The first-order chi connectivity index (χ1) is 9.52. The zero-order valence-corrected chi connectivity index (χ0v) is 13.9. The van der Waals surface area contributed by atoms with Gasteiger partial charge in [-0.1, -0.05) is 13.8 Å². The second-order valence-corrected chi connectivity index (χ2v) is 5.87. The SMILES string of the molecule is CCNc1nc(-c2ccc(F)cc2)nc(C(C)C)c1I. The van der Waals surface area contributed by atoms with Crippen molar-refractivity contribution >= 4 is 28.4 Å². The van der Waals surface area contributed by atoms with E-state index in [2.05, 4.69) is 51.7 Å². The topological polar surface area (TPSA) is 37.8 Å². The van der Waals surface area contributed by atoms with Crippen LogP contribution >= 0.6 is 22.6 Å². The highest BCUT2D eigenvalue weighted by atomic mass is 127. The van der Waals surface area contributed by atoms with Gasteiger partial charge in [-0.3, -0.25) is 0 Å². The molecule has 0 spiro atoms. The number of rotatable bonds is 4. The Morgan fingerprint density at radius 1 is 1.20 bits per heavy atom. The second-order valence-electron chi connectivity index (χ2n) is 4.79. The molecule has 0 bridgehead atoms. The van der Waals surface area contributed by atoms with Crippen LogP contribution in [0.4, 0.5) is 10.2 Å². The van der Waals surface area contributed by atoms with Crippen molar-refractivity contribution in [3.05, 3.63) is 39.3 Å². The van der Waals surface area contributed by atoms with E-state index in [1.807, 2.05) is 6.92 Å². The predicted octanol–water partition coefficient (Wildman–Crippen LogP) is 4.44. The summed E-state index contributed by atoms with van der Waals surface area (Å²) in [5, 5.41) is 3.26. The minimum absolute atomic E-state index is 0.254. The zero-order valence-electron chi connectivity index (χ0n) is 11.7. The molecule has 1 N–H and O–H groups in total. The Balaban J connectivity index is 2.55. The summed E-state index contributed by atoms with van der Waals surface area (Å²) in [5.74, 6) is 1.52. The number of aromatic nitrogens is 2. The number of nitrogens with zero attached hydrogens (tertiary/aromatic N) is 2. The molecule has 106 valence electrons. The molecule has 0 aliphatic carbocycles. The highest BCUT2D eigenvalue weighted by Crippen LogP contribution is 2.28. The van der Waals surface area contributed by atoms with Crippen LogP contribution in [0.25, 0.3) is 11.4 Å². The Hall–Kier alpha value is -1.24. The highest BCUT2D eigenvalue weighted by molar-refractivity contribution is 14.1. The molecule has 0 atom stereocenters. The molecule has 0 amide bonds. The van der Waals surface area contributed by atoms with Gasteiger partial charge in [0.2, 0.25) is 0 Å². The third kappa shape index (κ3) is 3.26. The molecule has 2 aromatic rings. The van der Waals surface area contributed by atoms with Crippen LogP contribution in [0.2, 0.25) is 0 Å². The summed E-state index contributed by atoms with van der Waals surface area (Å²) in [6.07, 6.45) is 0. The van der Waals surface area contributed by atoms with E-state index in [0.29, 0.717) is 11.7 Å². The van der Waals surface area contributed by atoms with Crippen molar-refractivity contribution in [1.82, 2.24) is 9.97 Å². The average molecular weight is 385 g/mol. The number of nitrogens with one attached hydrogen (secondary N) is 1. The van der Waals surface area contributed by atoms with Crippen LogP contribution in [0.5, 0.6) is 0 Å². The maximum Gasteiger partial charge on any atom is 0.161 e. The molecule has 0 fully saturated rings. The number of anilines is 1. The van der Waals surface area contributed by atoms with Gasteiger partial charge in [0.05, 0.1) is 9.26 Å². The predicted molar refractivity (Wildman–Crippen MR) is 88.4 cm³/mol. The van der Waals surface area contributed by atoms with Crippen LogP contribution in [-0.2, 0) is 0 Å². The summed E-state index contributed by atoms with van der Waals surface area (Å²) in [6, 6.07) is 6.27. The van der Waals surface area contributed by atoms with Crippen molar-refractivity contribution in [2.45, 2.75) is 26.7 Å². The summed E-state index contributed by atoms with van der Waals surface area (Å²) in [4.78, 5) is 9.19. The Labute approximate surface area is 132 Å². The van der Waals surface area contributed by atoms with Crippen molar-refractivity contribution < 1.29 is 4.39 Å². The van der Waals surface area contributed by atoms with Gasteiger partial charge in [-0.15, -0.1) is 0 Å². The van der Waals surface area contributed by atoms with Gasteiger partial charge in [-0.2, -0.15) is 0 Å². The molecular weight excluding hydrogens is 368 g/mol. The average Bonchev–Trinajstić information content (AvgIpc) is 2.42. The van der Waals surface area contributed by atoms with E-state index in [-0.39, 0.29) is 5.82 Å². The van der Waals surface area contributed by atoms with Crippen molar-refractivity contribution in [3.8, 4) is 11.4 Å². The van der Waals surface area contributed by atoms with Crippen LogP contribution < -0.4 is 5.32 Å². The third-order valence-electron chi connectivity index (χ3n) is 2.87. The molecule has 1 aromatic carbocycles. The van der Waals surface area contributed by atoms with Crippen LogP contribution in [0.15, 0.2) is 24.3 Å². The molecule has 0 aliphatic rings. The van der Waals surface area contributed by atoms with Gasteiger partial charge >= 0.3 is 0 Å². The van der Waals surface area contributed by atoms with Gasteiger partial charge in [0.25, 0.3) is 0 Å². The lowest BCUT2D eigenvalue weighted by molar-refractivity contribution is 0.628. The van der Waals surface area contributed by atoms with E-state index < -0.39 is 0 Å². The lowest BCUT2D eigenvalue weighted by Gasteiger charge is -2.14. The lowest BCUT2D eigenvalue weighted by atomic mass is 10.1. The minimum Gasteiger partial charge on any atom is -0.369 e. The zero-order chi connectivity index (χ0) is 14.7. The van der Waals surface area contributed by atoms with Crippen molar-refractivity contribution in [2.24, 2.45) is 0 Å². The molecule has 20 heavy (non-hydrogen) atoms. The van der Waals surface area contributed by atoms with Gasteiger partial charge in [-0.25, -0.2) is 14.4 Å². The van der Waals surface area contributed by atoms with Crippen molar-refractivity contribution in [2.75, 3.05) is 11.9 Å². The summed E-state index contributed by atoms with van der Waals surface area (Å²) in [5.41, 5.74) is 1.83. The maximum atomic E-state index is 13.0. The van der Waals surface area contributed by atoms with Crippen molar-refractivity contribution in [3.63, 3.8) is 0 Å². The first-order valence-electron chi connectivity index (χ1n) is 6.60. The minimum atomic E-state index is -0.254. The van der Waals surface area contributed by atoms with E-state index in [1.54, 1.807) is 12.1 Å². The molecule has 3 nitrogen and oxygen atoms in total. The van der Waals surface area contributed by atoms with Gasteiger partial charge in [0.1, 0.15) is 11.6 Å². The molecular formula is C15H17FIN3. The number of benzene rings is 1. The molecule has 0 saturated carbocycles. The quantitative estimate of drug-likeness (QED) is 0.791. The fourth-order valence-corrected chi connectivity index (χ4v) is 2.91. The van der Waals surface area contributed by atoms with Crippen molar-refractivity contribution in [1.29, 1.82) is 0 Å². The smallest absolute Gasteiger partial charge is 0.161 e. The first kappa shape index (κ1) is 15.2. The summed E-state index contributed by atoms with van der Waals surface area (Å²) in [7, 11) is 0. The summed E-state index contributed by atoms with van der Waals surface area (Å²) >= 11 is 2.27. The largest absolute Gasteiger partial charge is 0.369 e. The Bertz CT molecular complexity index is 597. The van der Waals surface area contributed by atoms with Gasteiger partial charge in [0, 0.05) is 12.1 Å². The normalized spacial score (nSPS) is 10.9. The molecule has 0 unspecified atom stereocenters. The molecule has 2 rings (SSSR count). The maximum absolute atomic E-state index is 13.0. The Morgan fingerprint density at radius 2 is 1.85 bits per heavy atom. The van der Waals surface area contributed by atoms with E-state index in [4.69, 9.17) is 0 Å². The monoisotopic (exact) mass is 385 g/mol. The van der Waals surface area contributed by atoms with Gasteiger partial charge in [0.15, 0.2) is 5.82 Å². The van der Waals surface area contributed by atoms with Gasteiger partial charge in [-0.05, 0) is 59.7 Å². The van der Waals surface area contributed by atoms with Crippen LogP contribution in [0.1, 0.15) is 32.4 Å². The fourth-order valence-electron chi connectivity index (χ4n) is 1.86. The summed E-state index contributed by atoms with van der Waals surface area (Å²) in [6.45, 7) is 7.04. The fraction of sp³-hybridized carbons (Fsp3) is 0.333. The van der Waals surface area contributed by atoms with Gasteiger partial charge < -0.3 is 5.32 Å². The second kappa shape index (κ2) is 6.47. The third-order valence-corrected chi connectivity index (χ3v) is 3.93. The van der Waals surface area contributed by atoms with E-state index >= 15 is 0 Å². The number of halogens is 2. The molecule has 0 aliphatic heterocycles. The molecule has 0 radical (unpaired) electrons. The van der Waals surface area contributed by atoms with Crippen LogP contribution in [0.3, 0.4) is 0 Å². The van der Waals surface area contributed by atoms with Crippen LogP contribution in [0, 0.1) is 9.39 Å². The summed E-state index contributed by atoms with van der Waals surface area (Å²) < 4.78 is 14.1. The molecule has 1 heterocycles. The highest BCUT2D eigenvalue weighted by Gasteiger charge is 2.15. The molecule has 5 heteroatoms. The Morgan fingerprint density at radius 3 is 2.40 bits per heavy atom. The molecule has 1 aromatic heterocycles. The first-order valence-corrected chi connectivity index (χ1v) is 7.68. The van der Waals surface area contributed by atoms with Crippen LogP contribution in [-0.4, -0.2) is 16.5 Å². The lowest BCUT2D eigenvalue weighted by Crippen LogP contribution is -2.09.